The summed E-state index contributed by atoms with van der Waals surface area (Å²) in [7, 11) is 0. The van der Waals surface area contributed by atoms with Crippen molar-refractivity contribution in [1.29, 1.82) is 0 Å². The van der Waals surface area contributed by atoms with Gasteiger partial charge in [-0.1, -0.05) is 6.07 Å². The SMILES string of the molecule is Cc1ccc(C(F)(F)F)cc1-c1cc(C(F)F)c(NC2C[C@@H]3CN(CC4CCOCC4)C[C@@H]3C2)nn1. The molecule has 196 valence electrons. The van der Waals surface area contributed by atoms with Crippen molar-refractivity contribution in [2.45, 2.75) is 51.3 Å². The quantitative estimate of drug-likeness (QED) is 0.487. The number of benzene rings is 1. The number of nitrogens with one attached hydrogen (secondary N) is 1. The van der Waals surface area contributed by atoms with E-state index in [-0.39, 0.29) is 28.7 Å². The fourth-order valence-electron chi connectivity index (χ4n) is 6.04. The Morgan fingerprint density at radius 3 is 2.39 bits per heavy atom. The first-order valence-corrected chi connectivity index (χ1v) is 12.6. The van der Waals surface area contributed by atoms with Gasteiger partial charge in [-0.3, -0.25) is 0 Å². The predicted octanol–water partition coefficient (Wildman–Crippen LogP) is 5.96. The molecule has 3 atom stereocenters. The maximum Gasteiger partial charge on any atom is 0.416 e. The van der Waals surface area contributed by atoms with Crippen LogP contribution in [0.15, 0.2) is 24.3 Å². The smallest absolute Gasteiger partial charge is 0.381 e. The largest absolute Gasteiger partial charge is 0.416 e. The maximum absolute atomic E-state index is 14.0. The van der Waals surface area contributed by atoms with Crippen LogP contribution in [-0.4, -0.2) is 54.0 Å². The summed E-state index contributed by atoms with van der Waals surface area (Å²) in [6, 6.07) is 4.41. The summed E-state index contributed by atoms with van der Waals surface area (Å²) in [5.74, 6) is 1.76. The van der Waals surface area contributed by atoms with Crippen LogP contribution >= 0.6 is 0 Å². The van der Waals surface area contributed by atoms with Crippen molar-refractivity contribution in [2.75, 3.05) is 38.2 Å². The Labute approximate surface area is 207 Å². The molecule has 3 fully saturated rings. The van der Waals surface area contributed by atoms with E-state index in [1.165, 1.54) is 6.07 Å². The van der Waals surface area contributed by atoms with Gasteiger partial charge >= 0.3 is 6.18 Å². The zero-order chi connectivity index (χ0) is 25.4. The minimum absolute atomic E-state index is 0.00601. The first kappa shape index (κ1) is 25.3. The van der Waals surface area contributed by atoms with Crippen molar-refractivity contribution in [3.05, 3.63) is 41.0 Å². The fraction of sp³-hybridized carbons (Fsp3) is 0.615. The van der Waals surface area contributed by atoms with Crippen LogP contribution in [0.4, 0.5) is 27.8 Å². The number of hydrogen-bond donors (Lipinski definition) is 1. The normalized spacial score (nSPS) is 25.5. The molecule has 1 unspecified atom stereocenters. The Morgan fingerprint density at radius 1 is 1.06 bits per heavy atom. The summed E-state index contributed by atoms with van der Waals surface area (Å²) < 4.78 is 72.9. The number of alkyl halides is 5. The summed E-state index contributed by atoms with van der Waals surface area (Å²) in [6.07, 6.45) is -3.38. The Kier molecular flexibility index (Phi) is 7.18. The van der Waals surface area contributed by atoms with Gasteiger partial charge in [0.25, 0.3) is 6.43 Å². The first-order chi connectivity index (χ1) is 17.2. The third kappa shape index (κ3) is 5.49. The lowest BCUT2D eigenvalue weighted by Gasteiger charge is -2.28. The van der Waals surface area contributed by atoms with Crippen molar-refractivity contribution in [1.82, 2.24) is 15.1 Å². The van der Waals surface area contributed by atoms with Gasteiger partial charge in [0.1, 0.15) is 0 Å². The number of aromatic nitrogens is 2. The van der Waals surface area contributed by atoms with Gasteiger partial charge in [-0.25, -0.2) is 8.78 Å². The van der Waals surface area contributed by atoms with Crippen molar-refractivity contribution >= 4 is 5.82 Å². The second kappa shape index (κ2) is 10.2. The summed E-state index contributed by atoms with van der Waals surface area (Å²) in [5, 5.41) is 11.2. The molecule has 10 heteroatoms. The average molecular weight is 511 g/mol. The van der Waals surface area contributed by atoms with E-state index >= 15 is 0 Å². The third-order valence-corrected chi connectivity index (χ3v) is 7.92. The number of halogens is 5. The molecule has 0 bridgehead atoms. The minimum Gasteiger partial charge on any atom is -0.381 e. The molecule has 1 aromatic carbocycles. The Bertz CT molecular complexity index is 1060. The molecule has 1 N–H and O–H groups in total. The van der Waals surface area contributed by atoms with Crippen molar-refractivity contribution in [3.8, 4) is 11.3 Å². The number of nitrogens with zero attached hydrogens (tertiary/aromatic N) is 3. The van der Waals surface area contributed by atoms with Gasteiger partial charge in [0.15, 0.2) is 5.82 Å². The van der Waals surface area contributed by atoms with E-state index in [1.54, 1.807) is 6.92 Å². The van der Waals surface area contributed by atoms with E-state index in [2.05, 4.69) is 20.4 Å². The Hall–Kier alpha value is -2.33. The number of hydrogen-bond acceptors (Lipinski definition) is 5. The minimum atomic E-state index is -4.54. The number of likely N-dealkylation sites (tertiary alicyclic amines) is 1. The van der Waals surface area contributed by atoms with E-state index < -0.39 is 18.2 Å². The molecule has 0 radical (unpaired) electrons. The highest BCUT2D eigenvalue weighted by atomic mass is 19.4. The lowest BCUT2D eigenvalue weighted by atomic mass is 10.00. The molecule has 3 aliphatic rings. The molecular formula is C26H31F5N4O. The lowest BCUT2D eigenvalue weighted by molar-refractivity contribution is -0.137. The van der Waals surface area contributed by atoms with Gasteiger partial charge in [-0.05, 0) is 74.1 Å². The second-order valence-electron chi connectivity index (χ2n) is 10.5. The number of ether oxygens (including phenoxy) is 1. The first-order valence-electron chi connectivity index (χ1n) is 12.6. The molecule has 3 heterocycles. The topological polar surface area (TPSA) is 50.3 Å². The van der Waals surface area contributed by atoms with Crippen molar-refractivity contribution in [3.63, 3.8) is 0 Å². The summed E-state index contributed by atoms with van der Waals surface area (Å²) >= 11 is 0. The number of anilines is 1. The van der Waals surface area contributed by atoms with Crippen LogP contribution < -0.4 is 5.32 Å². The zero-order valence-corrected chi connectivity index (χ0v) is 20.2. The second-order valence-corrected chi connectivity index (χ2v) is 10.5. The zero-order valence-electron chi connectivity index (χ0n) is 20.2. The molecular weight excluding hydrogens is 479 g/mol. The van der Waals surface area contributed by atoms with Crippen molar-refractivity contribution < 1.29 is 26.7 Å². The van der Waals surface area contributed by atoms with Crippen LogP contribution in [0.25, 0.3) is 11.3 Å². The van der Waals surface area contributed by atoms with Gasteiger partial charge in [0.2, 0.25) is 0 Å². The predicted molar refractivity (Wildman–Crippen MR) is 126 cm³/mol. The van der Waals surface area contributed by atoms with Gasteiger partial charge < -0.3 is 15.0 Å². The van der Waals surface area contributed by atoms with Gasteiger partial charge in [-0.15, -0.1) is 10.2 Å². The van der Waals surface area contributed by atoms with Crippen LogP contribution in [0.1, 0.15) is 48.8 Å². The van der Waals surface area contributed by atoms with Crippen LogP contribution in [0.3, 0.4) is 0 Å². The molecule has 1 saturated carbocycles. The van der Waals surface area contributed by atoms with E-state index in [4.69, 9.17) is 4.74 Å². The summed E-state index contributed by atoms with van der Waals surface area (Å²) in [5.41, 5.74) is -0.534. The molecule has 0 amide bonds. The molecule has 5 nitrogen and oxygen atoms in total. The van der Waals surface area contributed by atoms with Crippen LogP contribution in [-0.2, 0) is 10.9 Å². The Morgan fingerprint density at radius 2 is 1.75 bits per heavy atom. The van der Waals surface area contributed by atoms with Crippen LogP contribution in [0.5, 0.6) is 0 Å². The monoisotopic (exact) mass is 510 g/mol. The Balaban J connectivity index is 1.26. The maximum atomic E-state index is 14.0. The highest BCUT2D eigenvalue weighted by molar-refractivity contribution is 5.66. The van der Waals surface area contributed by atoms with Gasteiger partial charge in [-0.2, -0.15) is 13.2 Å². The van der Waals surface area contributed by atoms with E-state index in [0.717, 1.165) is 76.7 Å². The molecule has 2 aliphatic heterocycles. The van der Waals surface area contributed by atoms with Crippen molar-refractivity contribution in [2.24, 2.45) is 17.8 Å². The number of fused-ring (bicyclic) bond motifs is 1. The fourth-order valence-corrected chi connectivity index (χ4v) is 6.04. The average Bonchev–Trinajstić information content (AvgIpc) is 3.37. The molecule has 2 saturated heterocycles. The highest BCUT2D eigenvalue weighted by Gasteiger charge is 2.41. The lowest BCUT2D eigenvalue weighted by Crippen LogP contribution is -2.32. The van der Waals surface area contributed by atoms with Gasteiger partial charge in [0.05, 0.1) is 16.8 Å². The summed E-state index contributed by atoms with van der Waals surface area (Å²) in [4.78, 5) is 2.54. The summed E-state index contributed by atoms with van der Waals surface area (Å²) in [6.45, 7) is 6.47. The molecule has 0 spiro atoms. The molecule has 5 rings (SSSR count). The molecule has 2 aromatic rings. The third-order valence-electron chi connectivity index (χ3n) is 7.92. The van der Waals surface area contributed by atoms with Crippen LogP contribution in [0.2, 0.25) is 0 Å². The molecule has 1 aromatic heterocycles. The van der Waals surface area contributed by atoms with E-state index in [0.29, 0.717) is 23.3 Å². The van der Waals surface area contributed by atoms with E-state index in [1.807, 2.05) is 0 Å². The standard InChI is InChI=1S/C26H31F5N4O/c1-15-2-3-19(26(29,30)31)10-21(15)23-11-22(24(27)28)25(34-33-23)32-20-8-17-13-35(14-18(17)9-20)12-16-4-6-36-7-5-16/h2-3,10-11,16-18,20,24H,4-9,12-14H2,1H3,(H,32,34)/t17-,18+,20?. The highest BCUT2D eigenvalue weighted by Crippen LogP contribution is 2.41. The van der Waals surface area contributed by atoms with E-state index in [9.17, 15) is 22.0 Å². The molecule has 1 aliphatic carbocycles. The number of rotatable bonds is 6. The van der Waals surface area contributed by atoms with Crippen LogP contribution in [0, 0.1) is 24.7 Å². The number of aryl methyl sites for hydroxylation is 1. The van der Waals surface area contributed by atoms with Gasteiger partial charge in [0, 0.05) is 44.5 Å². The molecule has 36 heavy (non-hydrogen) atoms.